The van der Waals surface area contributed by atoms with Crippen LogP contribution in [-0.2, 0) is 4.79 Å². The molecule has 1 aromatic heterocycles. The first-order valence-corrected chi connectivity index (χ1v) is 9.48. The summed E-state index contributed by atoms with van der Waals surface area (Å²) in [4.78, 5) is 18.6. The van der Waals surface area contributed by atoms with Gasteiger partial charge in [-0.1, -0.05) is 23.9 Å². The average Bonchev–Trinajstić information content (AvgIpc) is 3.08. The van der Waals surface area contributed by atoms with E-state index in [2.05, 4.69) is 6.07 Å². The fraction of sp³-hybridized carbons (Fsp3) is 0.250. The van der Waals surface area contributed by atoms with E-state index in [9.17, 15) is 4.79 Å². The van der Waals surface area contributed by atoms with Crippen LogP contribution in [0.25, 0.3) is 16.7 Å². The van der Waals surface area contributed by atoms with Crippen LogP contribution in [0.2, 0.25) is 0 Å². The van der Waals surface area contributed by atoms with Crippen molar-refractivity contribution in [2.75, 3.05) is 26.5 Å². The Balaban J connectivity index is 1.88. The van der Waals surface area contributed by atoms with Gasteiger partial charge in [0.15, 0.2) is 5.16 Å². The number of amides is 1. The smallest absolute Gasteiger partial charge is 0.232 e. The molecule has 6 nitrogen and oxygen atoms in total. The van der Waals surface area contributed by atoms with Crippen molar-refractivity contribution in [2.45, 2.75) is 11.6 Å². The lowest BCUT2D eigenvalue weighted by Crippen LogP contribution is -2.29. The lowest BCUT2D eigenvalue weighted by atomic mass is 10.2. The van der Waals surface area contributed by atoms with E-state index in [-0.39, 0.29) is 11.7 Å². The molecule has 7 heteroatoms. The summed E-state index contributed by atoms with van der Waals surface area (Å²) in [6.45, 7) is 0.435. The number of carbonyl (C=O) groups excluding carboxylic acids is 1. The van der Waals surface area contributed by atoms with E-state index in [1.807, 2.05) is 53.1 Å². The van der Waals surface area contributed by atoms with Crippen LogP contribution in [0.3, 0.4) is 0 Å². The van der Waals surface area contributed by atoms with E-state index >= 15 is 0 Å². The zero-order chi connectivity index (χ0) is 19.2. The Bertz CT molecular complexity index is 976. The molecule has 0 unspecified atom stereocenters. The minimum Gasteiger partial charge on any atom is -0.497 e. The van der Waals surface area contributed by atoms with Gasteiger partial charge in [0.25, 0.3) is 0 Å². The number of thioether (sulfide) groups is 1. The first-order valence-electron chi connectivity index (χ1n) is 8.49. The molecule has 0 N–H and O–H groups in total. The van der Waals surface area contributed by atoms with Gasteiger partial charge in [0.1, 0.15) is 5.75 Å². The van der Waals surface area contributed by atoms with Gasteiger partial charge in [0, 0.05) is 19.3 Å². The molecular formula is C20H20N4O2S. The minimum absolute atomic E-state index is 0.0245. The predicted octanol–water partition coefficient (Wildman–Crippen LogP) is 3.50. The highest BCUT2D eigenvalue weighted by molar-refractivity contribution is 7.99. The third-order valence-electron chi connectivity index (χ3n) is 4.17. The molecule has 3 aromatic rings. The first kappa shape index (κ1) is 18.8. The molecule has 3 rings (SSSR count). The van der Waals surface area contributed by atoms with E-state index < -0.39 is 0 Å². The van der Waals surface area contributed by atoms with Gasteiger partial charge in [-0.2, -0.15) is 5.26 Å². The molecule has 0 aliphatic rings. The predicted molar refractivity (Wildman–Crippen MR) is 106 cm³/mol. The Morgan fingerprint density at radius 3 is 2.70 bits per heavy atom. The highest BCUT2D eigenvalue weighted by Crippen LogP contribution is 2.29. The van der Waals surface area contributed by atoms with Crippen molar-refractivity contribution in [1.29, 1.82) is 5.26 Å². The fourth-order valence-corrected chi connectivity index (χ4v) is 3.63. The van der Waals surface area contributed by atoms with Gasteiger partial charge in [-0.25, -0.2) is 4.98 Å². The maximum atomic E-state index is 12.3. The van der Waals surface area contributed by atoms with Crippen LogP contribution in [-0.4, -0.2) is 46.8 Å². The Morgan fingerprint density at radius 2 is 2.00 bits per heavy atom. The Hall–Kier alpha value is -2.98. The summed E-state index contributed by atoms with van der Waals surface area (Å²) in [6.07, 6.45) is 0.331. The molecule has 27 heavy (non-hydrogen) atoms. The second-order valence-corrected chi connectivity index (χ2v) is 6.87. The highest BCUT2D eigenvalue weighted by Gasteiger charge is 2.16. The van der Waals surface area contributed by atoms with E-state index in [0.717, 1.165) is 27.6 Å². The number of nitriles is 1. The van der Waals surface area contributed by atoms with E-state index in [1.54, 1.807) is 19.1 Å². The summed E-state index contributed by atoms with van der Waals surface area (Å²) in [7, 11) is 3.35. The largest absolute Gasteiger partial charge is 0.497 e. The summed E-state index contributed by atoms with van der Waals surface area (Å²) in [5.41, 5.74) is 2.81. The summed E-state index contributed by atoms with van der Waals surface area (Å²) >= 11 is 1.39. The van der Waals surface area contributed by atoms with Crippen molar-refractivity contribution in [3.63, 3.8) is 0 Å². The number of aromatic nitrogens is 2. The number of benzene rings is 2. The van der Waals surface area contributed by atoms with E-state index in [0.29, 0.717) is 13.0 Å². The molecule has 1 heterocycles. The van der Waals surface area contributed by atoms with Crippen molar-refractivity contribution in [3.05, 3.63) is 48.5 Å². The molecule has 0 bridgehead atoms. The van der Waals surface area contributed by atoms with Crippen LogP contribution in [0.5, 0.6) is 5.75 Å². The second-order valence-electron chi connectivity index (χ2n) is 5.93. The number of nitrogens with zero attached hydrogens (tertiary/aromatic N) is 4. The molecule has 138 valence electrons. The molecule has 0 saturated carbocycles. The number of para-hydroxylation sites is 2. The molecule has 0 atom stereocenters. The Morgan fingerprint density at radius 1 is 1.26 bits per heavy atom. The van der Waals surface area contributed by atoms with Crippen LogP contribution in [0.1, 0.15) is 6.42 Å². The number of ether oxygens (including phenoxy) is 1. The monoisotopic (exact) mass is 380 g/mol. The quantitative estimate of drug-likeness (QED) is 0.587. The molecule has 0 aliphatic carbocycles. The Kier molecular flexibility index (Phi) is 5.99. The SMILES string of the molecule is COc1ccc(-n2c(SCC(=O)N(C)CCC#N)nc3ccccc32)cc1. The summed E-state index contributed by atoms with van der Waals surface area (Å²) in [5, 5.41) is 9.42. The normalized spacial score (nSPS) is 10.6. The number of hydrogen-bond donors (Lipinski definition) is 0. The van der Waals surface area contributed by atoms with Crippen molar-refractivity contribution in [2.24, 2.45) is 0 Å². The van der Waals surface area contributed by atoms with Crippen LogP contribution in [0.4, 0.5) is 0 Å². The molecule has 0 saturated heterocycles. The van der Waals surface area contributed by atoms with Gasteiger partial charge in [-0.05, 0) is 36.4 Å². The van der Waals surface area contributed by atoms with Crippen LogP contribution in [0.15, 0.2) is 53.7 Å². The van der Waals surface area contributed by atoms with Gasteiger partial charge in [0.05, 0.1) is 36.4 Å². The number of carbonyl (C=O) groups is 1. The van der Waals surface area contributed by atoms with E-state index in [4.69, 9.17) is 15.0 Å². The van der Waals surface area contributed by atoms with Gasteiger partial charge < -0.3 is 9.64 Å². The summed E-state index contributed by atoms with van der Waals surface area (Å²) in [5.74, 6) is 1.02. The zero-order valence-corrected chi connectivity index (χ0v) is 16.1. The minimum atomic E-state index is -0.0245. The van der Waals surface area contributed by atoms with Crippen molar-refractivity contribution in [3.8, 4) is 17.5 Å². The third kappa shape index (κ3) is 4.23. The zero-order valence-electron chi connectivity index (χ0n) is 15.3. The molecule has 1 amide bonds. The van der Waals surface area contributed by atoms with Gasteiger partial charge in [-0.15, -0.1) is 0 Å². The lowest BCUT2D eigenvalue weighted by Gasteiger charge is -2.15. The number of fused-ring (bicyclic) bond motifs is 1. The summed E-state index contributed by atoms with van der Waals surface area (Å²) < 4.78 is 7.28. The van der Waals surface area contributed by atoms with Crippen molar-refractivity contribution in [1.82, 2.24) is 14.5 Å². The van der Waals surface area contributed by atoms with Gasteiger partial charge >= 0.3 is 0 Å². The first-order chi connectivity index (χ1) is 13.1. The van der Waals surface area contributed by atoms with Crippen molar-refractivity contribution >= 4 is 28.7 Å². The molecule has 2 aromatic carbocycles. The third-order valence-corrected chi connectivity index (χ3v) is 5.09. The Labute approximate surface area is 162 Å². The molecule has 0 radical (unpaired) electrons. The molecule has 0 aliphatic heterocycles. The molecule has 0 spiro atoms. The number of methoxy groups -OCH3 is 1. The standard InChI is InChI=1S/C20H20N4O2S/c1-23(13-5-12-21)19(25)14-27-20-22-17-6-3-4-7-18(17)24(20)15-8-10-16(26-2)11-9-15/h3-4,6-11H,5,13-14H2,1-2H3. The number of rotatable bonds is 7. The topological polar surface area (TPSA) is 71.2 Å². The average molecular weight is 380 g/mol. The number of imidazole rings is 1. The summed E-state index contributed by atoms with van der Waals surface area (Å²) in [6, 6.07) is 17.7. The molecular weight excluding hydrogens is 360 g/mol. The molecule has 0 fully saturated rings. The fourth-order valence-electron chi connectivity index (χ4n) is 2.66. The lowest BCUT2D eigenvalue weighted by molar-refractivity contribution is -0.127. The van der Waals surface area contributed by atoms with Crippen LogP contribution in [0, 0.1) is 11.3 Å². The second kappa shape index (κ2) is 8.60. The maximum absolute atomic E-state index is 12.3. The maximum Gasteiger partial charge on any atom is 0.232 e. The van der Waals surface area contributed by atoms with Crippen molar-refractivity contribution < 1.29 is 9.53 Å². The van der Waals surface area contributed by atoms with E-state index in [1.165, 1.54) is 11.8 Å². The van der Waals surface area contributed by atoms with Gasteiger partial charge in [0.2, 0.25) is 5.91 Å². The van der Waals surface area contributed by atoms with Crippen LogP contribution >= 0.6 is 11.8 Å². The van der Waals surface area contributed by atoms with Crippen LogP contribution < -0.4 is 4.74 Å². The highest BCUT2D eigenvalue weighted by atomic mass is 32.2. The number of hydrogen-bond acceptors (Lipinski definition) is 5. The van der Waals surface area contributed by atoms with Gasteiger partial charge in [-0.3, -0.25) is 9.36 Å².